The number of rotatable bonds is 8. The molecule has 28 heavy (non-hydrogen) atoms. The van der Waals surface area contributed by atoms with Crippen LogP contribution in [0.4, 0.5) is 0 Å². The highest BCUT2D eigenvalue weighted by atomic mass is 32.1. The Morgan fingerprint density at radius 2 is 2.29 bits per heavy atom. The standard InChI is InChI=1S/C20H28N4O3S/c1-3-5-14(2)21-19(26)15-6-4-10-24(12-15)18(25)8-7-17-22-23-20(27-17)16-9-11-28-13-16/h9,11,13-15H,3-8,10,12H2,1-2H3,(H,21,26)/t14-,15-/m1/s1. The van der Waals surface area contributed by atoms with Gasteiger partial charge in [-0.3, -0.25) is 9.59 Å². The highest BCUT2D eigenvalue weighted by molar-refractivity contribution is 7.08. The first-order valence-electron chi connectivity index (χ1n) is 10.00. The van der Waals surface area contributed by atoms with E-state index in [9.17, 15) is 9.59 Å². The van der Waals surface area contributed by atoms with E-state index in [1.54, 1.807) is 16.2 Å². The molecule has 3 rings (SSSR count). The Balaban J connectivity index is 1.48. The van der Waals surface area contributed by atoms with Crippen molar-refractivity contribution >= 4 is 23.2 Å². The van der Waals surface area contributed by atoms with Crippen molar-refractivity contribution in [3.63, 3.8) is 0 Å². The zero-order valence-corrected chi connectivity index (χ0v) is 17.3. The number of hydrogen-bond donors (Lipinski definition) is 1. The van der Waals surface area contributed by atoms with Crippen molar-refractivity contribution in [1.29, 1.82) is 0 Å². The van der Waals surface area contributed by atoms with Crippen LogP contribution in [0, 0.1) is 5.92 Å². The first kappa shape index (κ1) is 20.5. The molecule has 8 heteroatoms. The summed E-state index contributed by atoms with van der Waals surface area (Å²) in [6.45, 7) is 5.34. The number of thiophene rings is 1. The van der Waals surface area contributed by atoms with Crippen molar-refractivity contribution in [2.24, 2.45) is 5.92 Å². The lowest BCUT2D eigenvalue weighted by atomic mass is 9.96. The Bertz CT molecular complexity index is 774. The number of amides is 2. The molecule has 3 heterocycles. The van der Waals surface area contributed by atoms with E-state index in [2.05, 4.69) is 22.4 Å². The Morgan fingerprint density at radius 1 is 1.43 bits per heavy atom. The van der Waals surface area contributed by atoms with Crippen LogP contribution in [0.3, 0.4) is 0 Å². The number of carbonyl (C=O) groups excluding carboxylic acids is 2. The van der Waals surface area contributed by atoms with Gasteiger partial charge in [-0.25, -0.2) is 0 Å². The predicted molar refractivity (Wildman–Crippen MR) is 108 cm³/mol. The summed E-state index contributed by atoms with van der Waals surface area (Å²) >= 11 is 1.57. The summed E-state index contributed by atoms with van der Waals surface area (Å²) < 4.78 is 5.64. The van der Waals surface area contributed by atoms with Gasteiger partial charge in [0.15, 0.2) is 0 Å². The number of carbonyl (C=O) groups is 2. The summed E-state index contributed by atoms with van der Waals surface area (Å²) in [7, 11) is 0. The summed E-state index contributed by atoms with van der Waals surface area (Å²) in [5.41, 5.74) is 0.900. The Hall–Kier alpha value is -2.22. The van der Waals surface area contributed by atoms with E-state index in [1.807, 2.05) is 23.8 Å². The molecule has 152 valence electrons. The number of nitrogens with zero attached hydrogens (tertiary/aromatic N) is 3. The fraction of sp³-hybridized carbons (Fsp3) is 0.600. The van der Waals surface area contributed by atoms with Gasteiger partial charge in [0.2, 0.25) is 23.6 Å². The molecular formula is C20H28N4O3S. The van der Waals surface area contributed by atoms with Crippen LogP contribution < -0.4 is 5.32 Å². The molecule has 7 nitrogen and oxygen atoms in total. The van der Waals surface area contributed by atoms with Crippen LogP contribution in [0.1, 0.15) is 51.8 Å². The summed E-state index contributed by atoms with van der Waals surface area (Å²) in [6, 6.07) is 2.10. The maximum atomic E-state index is 12.6. The van der Waals surface area contributed by atoms with E-state index in [0.717, 1.165) is 31.2 Å². The van der Waals surface area contributed by atoms with Crippen LogP contribution >= 0.6 is 11.3 Å². The van der Waals surface area contributed by atoms with Gasteiger partial charge in [0, 0.05) is 42.9 Å². The maximum absolute atomic E-state index is 12.6. The van der Waals surface area contributed by atoms with Gasteiger partial charge < -0.3 is 14.6 Å². The van der Waals surface area contributed by atoms with Gasteiger partial charge >= 0.3 is 0 Å². The molecule has 0 radical (unpaired) electrons. The van der Waals surface area contributed by atoms with Crippen molar-refractivity contribution < 1.29 is 14.0 Å². The molecule has 1 saturated heterocycles. The molecule has 0 aromatic carbocycles. The minimum Gasteiger partial charge on any atom is -0.421 e. The van der Waals surface area contributed by atoms with Crippen LogP contribution in [0.25, 0.3) is 11.5 Å². The lowest BCUT2D eigenvalue weighted by Gasteiger charge is -2.32. The van der Waals surface area contributed by atoms with Gasteiger partial charge in [0.25, 0.3) is 0 Å². The van der Waals surface area contributed by atoms with Crippen LogP contribution in [0.15, 0.2) is 21.2 Å². The summed E-state index contributed by atoms with van der Waals surface area (Å²) in [5, 5.41) is 15.0. The summed E-state index contributed by atoms with van der Waals surface area (Å²) in [5.74, 6) is 0.935. The molecule has 1 N–H and O–H groups in total. The number of aryl methyl sites for hydroxylation is 1. The van der Waals surface area contributed by atoms with Crippen LogP contribution in [-0.4, -0.2) is 46.0 Å². The molecule has 0 spiro atoms. The van der Waals surface area contributed by atoms with Crippen LogP contribution in [0.5, 0.6) is 0 Å². The van der Waals surface area contributed by atoms with Crippen molar-refractivity contribution in [1.82, 2.24) is 20.4 Å². The molecular weight excluding hydrogens is 376 g/mol. The third-order valence-corrected chi connectivity index (χ3v) is 5.73. The van der Waals surface area contributed by atoms with Gasteiger partial charge in [-0.2, -0.15) is 11.3 Å². The zero-order valence-electron chi connectivity index (χ0n) is 16.5. The molecule has 1 fully saturated rings. The van der Waals surface area contributed by atoms with E-state index >= 15 is 0 Å². The number of nitrogens with one attached hydrogen (secondary N) is 1. The van der Waals surface area contributed by atoms with Crippen molar-refractivity contribution in [3.8, 4) is 11.5 Å². The van der Waals surface area contributed by atoms with Crippen molar-refractivity contribution in [2.45, 2.75) is 58.4 Å². The smallest absolute Gasteiger partial charge is 0.248 e. The maximum Gasteiger partial charge on any atom is 0.248 e. The van der Waals surface area contributed by atoms with Gasteiger partial charge in [-0.1, -0.05) is 13.3 Å². The number of piperidine rings is 1. The zero-order chi connectivity index (χ0) is 19.9. The Kier molecular flexibility index (Phi) is 7.19. The van der Waals surface area contributed by atoms with Crippen LogP contribution in [-0.2, 0) is 16.0 Å². The molecule has 2 atom stereocenters. The summed E-state index contributed by atoms with van der Waals surface area (Å²) in [4.78, 5) is 26.9. The molecule has 1 aliphatic rings. The monoisotopic (exact) mass is 404 g/mol. The fourth-order valence-electron chi connectivity index (χ4n) is 3.51. The number of likely N-dealkylation sites (tertiary alicyclic amines) is 1. The fourth-order valence-corrected chi connectivity index (χ4v) is 4.14. The second kappa shape index (κ2) is 9.82. The van der Waals surface area contributed by atoms with Crippen LogP contribution in [0.2, 0.25) is 0 Å². The Morgan fingerprint density at radius 3 is 3.04 bits per heavy atom. The van der Waals surface area contributed by atoms with Gasteiger partial charge in [-0.05, 0) is 37.6 Å². The van der Waals surface area contributed by atoms with E-state index in [4.69, 9.17) is 4.42 Å². The molecule has 0 aliphatic carbocycles. The Labute approximate surface area is 169 Å². The van der Waals surface area contributed by atoms with Gasteiger partial charge in [-0.15, -0.1) is 10.2 Å². The third-order valence-electron chi connectivity index (χ3n) is 5.04. The number of hydrogen-bond acceptors (Lipinski definition) is 6. The molecule has 2 aromatic rings. The topological polar surface area (TPSA) is 88.3 Å². The van der Waals surface area contributed by atoms with Crippen molar-refractivity contribution in [2.75, 3.05) is 13.1 Å². The highest BCUT2D eigenvalue weighted by Gasteiger charge is 2.29. The van der Waals surface area contributed by atoms with Gasteiger partial charge in [0.1, 0.15) is 0 Å². The second-order valence-electron chi connectivity index (χ2n) is 7.39. The molecule has 2 amide bonds. The molecule has 0 saturated carbocycles. The van der Waals surface area contributed by atoms with Crippen molar-refractivity contribution in [3.05, 3.63) is 22.7 Å². The predicted octanol–water partition coefficient (Wildman–Crippen LogP) is 3.27. The average molecular weight is 405 g/mol. The quantitative estimate of drug-likeness (QED) is 0.729. The van der Waals surface area contributed by atoms with E-state index in [-0.39, 0.29) is 23.8 Å². The summed E-state index contributed by atoms with van der Waals surface area (Å²) in [6.07, 6.45) is 4.43. The molecule has 0 unspecified atom stereocenters. The normalized spacial score (nSPS) is 18.1. The lowest BCUT2D eigenvalue weighted by molar-refractivity contribution is -0.135. The molecule has 2 aromatic heterocycles. The average Bonchev–Trinajstić information content (AvgIpc) is 3.38. The van der Waals surface area contributed by atoms with E-state index in [0.29, 0.717) is 37.7 Å². The lowest BCUT2D eigenvalue weighted by Crippen LogP contribution is -2.47. The number of aromatic nitrogens is 2. The molecule has 1 aliphatic heterocycles. The van der Waals surface area contributed by atoms with E-state index < -0.39 is 0 Å². The minimum atomic E-state index is -0.120. The largest absolute Gasteiger partial charge is 0.421 e. The van der Waals surface area contributed by atoms with E-state index in [1.165, 1.54) is 0 Å². The SMILES string of the molecule is CCC[C@@H](C)NC(=O)[C@@H]1CCCN(C(=O)CCc2nnc(-c3ccsc3)o2)C1. The first-order valence-corrected chi connectivity index (χ1v) is 10.9. The van der Waals surface area contributed by atoms with Gasteiger partial charge in [0.05, 0.1) is 5.92 Å². The molecule has 0 bridgehead atoms. The first-order chi connectivity index (χ1) is 13.6. The second-order valence-corrected chi connectivity index (χ2v) is 8.17. The third kappa shape index (κ3) is 5.41. The minimum absolute atomic E-state index is 0.0365. The highest BCUT2D eigenvalue weighted by Crippen LogP contribution is 2.22.